The Bertz CT molecular complexity index is 3110. The molecule has 7 aliphatic heterocycles. The number of carbonyl (C=O) groups is 1. The fourth-order valence-corrected chi connectivity index (χ4v) is 15.4. The van der Waals surface area contributed by atoms with Gasteiger partial charge in [-0.25, -0.2) is 8.42 Å². The smallest absolute Gasteiger partial charge is 0.297 e. The summed E-state index contributed by atoms with van der Waals surface area (Å²) in [7, 11) is -4.77. The van der Waals surface area contributed by atoms with Gasteiger partial charge in [0.1, 0.15) is 28.9 Å². The van der Waals surface area contributed by atoms with E-state index >= 15 is 8.42 Å². The van der Waals surface area contributed by atoms with Gasteiger partial charge in [-0.1, -0.05) is 38.1 Å². The van der Waals surface area contributed by atoms with E-state index in [0.717, 1.165) is 63.1 Å². The number of nitrogens with two attached hydrogens (primary N) is 1. The summed E-state index contributed by atoms with van der Waals surface area (Å²) in [5.74, 6) is -0.0940. The molecule has 1 saturated carbocycles. The molecule has 5 aromatic rings. The SMILES string of the molecule is CC(C)c1ccccc1[C@@H]1CCCN1C1CC2(CCN(c3ccc(C(N)=O)c(N4c5cc6cc[nH]c6nc5O[C@@H]5COC[C@H]54)c3S(=O)(=O)c3cc4c(c([N+](=O)[O-])c3)N[C@H](CN3C[C@@H]5C[C@H]3CO5)CO4)CC2)C1. The van der Waals surface area contributed by atoms with Crippen LogP contribution in [0.15, 0.2) is 76.7 Å². The molecule has 1 aliphatic carbocycles. The average Bonchev–Trinajstić information content (AvgIpc) is 4.24. The first-order chi connectivity index (χ1) is 34.8. The minimum Gasteiger partial charge on any atom is -0.489 e. The van der Waals surface area contributed by atoms with Gasteiger partial charge >= 0.3 is 0 Å². The third-order valence-electron chi connectivity index (χ3n) is 17.3. The van der Waals surface area contributed by atoms with E-state index in [1.807, 2.05) is 17.0 Å². The van der Waals surface area contributed by atoms with Gasteiger partial charge in [0.2, 0.25) is 15.7 Å². The number of primary amides is 1. The van der Waals surface area contributed by atoms with Crippen molar-refractivity contribution in [1.29, 1.82) is 0 Å². The number of likely N-dealkylation sites (tertiary alicyclic amines) is 2. The van der Waals surface area contributed by atoms with Crippen LogP contribution in [0.5, 0.6) is 11.6 Å². The van der Waals surface area contributed by atoms with Crippen LogP contribution in [0.3, 0.4) is 0 Å². The number of piperidine rings is 1. The van der Waals surface area contributed by atoms with Gasteiger partial charge in [-0.05, 0) is 98.2 Å². The summed E-state index contributed by atoms with van der Waals surface area (Å²) in [4.78, 5) is 42.8. The molecule has 0 unspecified atom stereocenters. The zero-order valence-corrected chi connectivity index (χ0v) is 41.4. The number of anilines is 4. The van der Waals surface area contributed by atoms with Gasteiger partial charge in [0.25, 0.3) is 11.6 Å². The summed E-state index contributed by atoms with van der Waals surface area (Å²) in [5, 5.41) is 17.2. The Hall–Kier alpha value is -5.99. The van der Waals surface area contributed by atoms with E-state index in [0.29, 0.717) is 61.3 Å². The number of aromatic nitrogens is 2. The quantitative estimate of drug-likeness (QED) is 0.0894. The van der Waals surface area contributed by atoms with Crippen molar-refractivity contribution in [2.24, 2.45) is 11.1 Å². The van der Waals surface area contributed by atoms with Gasteiger partial charge in [-0.2, -0.15) is 4.98 Å². The molecule has 18 nitrogen and oxygen atoms in total. The number of rotatable bonds is 11. The summed E-state index contributed by atoms with van der Waals surface area (Å²) < 4.78 is 56.8. The number of hydrogen-bond donors (Lipinski definition) is 3. The van der Waals surface area contributed by atoms with E-state index in [4.69, 9.17) is 29.7 Å². The van der Waals surface area contributed by atoms with Crippen LogP contribution in [-0.2, 0) is 19.3 Å². The van der Waals surface area contributed by atoms with Gasteiger partial charge < -0.3 is 44.8 Å². The number of nitrogens with one attached hydrogen (secondary N) is 2. The monoisotopic (exact) mass is 999 g/mol. The van der Waals surface area contributed by atoms with Crippen LogP contribution in [-0.4, -0.2) is 135 Å². The highest BCUT2D eigenvalue weighted by Crippen LogP contribution is 2.56. The molecule has 6 atom stereocenters. The second-order valence-electron chi connectivity index (χ2n) is 21.8. The van der Waals surface area contributed by atoms with Crippen molar-refractivity contribution < 1.29 is 37.1 Å². The molecule has 9 heterocycles. The maximum absolute atomic E-state index is 16.1. The van der Waals surface area contributed by atoms with Crippen molar-refractivity contribution in [2.75, 3.05) is 74.3 Å². The zero-order chi connectivity index (χ0) is 49.2. The van der Waals surface area contributed by atoms with E-state index in [1.165, 1.54) is 23.6 Å². The lowest BCUT2D eigenvalue weighted by Crippen LogP contribution is -2.55. The molecule has 1 spiro atoms. The number of nitrogens with zero attached hydrogens (tertiary/aromatic N) is 6. The van der Waals surface area contributed by atoms with Crippen LogP contribution in [0.4, 0.5) is 28.4 Å². The number of nitro groups is 1. The molecule has 378 valence electrons. The van der Waals surface area contributed by atoms with Crippen molar-refractivity contribution in [3.8, 4) is 11.6 Å². The second kappa shape index (κ2) is 17.3. The Morgan fingerprint density at radius 2 is 1.83 bits per heavy atom. The van der Waals surface area contributed by atoms with E-state index < -0.39 is 38.5 Å². The number of pyridine rings is 1. The first-order valence-corrected chi connectivity index (χ1v) is 27.2. The van der Waals surface area contributed by atoms with E-state index in [2.05, 4.69) is 63.1 Å². The van der Waals surface area contributed by atoms with E-state index in [9.17, 15) is 14.9 Å². The Morgan fingerprint density at radius 3 is 2.60 bits per heavy atom. The van der Waals surface area contributed by atoms with E-state index in [-0.39, 0.29) is 81.8 Å². The van der Waals surface area contributed by atoms with Crippen molar-refractivity contribution >= 4 is 55.2 Å². The highest BCUT2D eigenvalue weighted by Gasteiger charge is 2.52. The Morgan fingerprint density at radius 1 is 1.00 bits per heavy atom. The number of benzene rings is 3. The Labute approximate surface area is 418 Å². The van der Waals surface area contributed by atoms with Gasteiger partial charge in [-0.15, -0.1) is 0 Å². The van der Waals surface area contributed by atoms with Crippen molar-refractivity contribution in [1.82, 2.24) is 19.8 Å². The number of fused-ring (bicyclic) bond motifs is 6. The molecule has 72 heavy (non-hydrogen) atoms. The molecular weight excluding hydrogens is 939 g/mol. The lowest BCUT2D eigenvalue weighted by Gasteiger charge is -2.56. The van der Waals surface area contributed by atoms with Gasteiger partial charge in [0.15, 0.2) is 11.4 Å². The van der Waals surface area contributed by atoms with Crippen LogP contribution in [0, 0.1) is 15.5 Å². The standard InChI is InChI=1S/C53H61N9O9S/c1-30(2)37-6-3-4-7-38(37)40-8-5-15-60(40)34-22-53(23-34)12-16-58(17-13-53)41-10-9-39(50(54)63)48(61-43-18-31-11-14-55-51(31)57-52(43)71-46-29-68-28-44(46)61)49(41)72(66,67)36-20-42(62(64)65)47-45(21-36)70-26-32(56-47)24-59-25-35-19-33(59)27-69-35/h3-4,6-7,9-11,14,18,20-21,30,32-35,40,44,46,56H,5,8,12-13,15-17,19,22-29H2,1-2H3,(H2,54,63)(H,55,57)/t32-,33+,35+,40+,44-,46-/m1/s1. The topological polar surface area (TPSA) is 211 Å². The molecule has 2 bridgehead atoms. The van der Waals surface area contributed by atoms with Crippen LogP contribution < -0.4 is 30.3 Å². The average molecular weight is 1000 g/mol. The van der Waals surface area contributed by atoms with Gasteiger partial charge in [-0.3, -0.25) is 24.7 Å². The number of morpholine rings is 1. The largest absolute Gasteiger partial charge is 0.489 e. The molecular formula is C53H61N9O9S. The van der Waals surface area contributed by atoms with Gasteiger partial charge in [0.05, 0.1) is 64.8 Å². The third-order valence-corrected chi connectivity index (χ3v) is 19.1. The highest BCUT2D eigenvalue weighted by atomic mass is 32.2. The summed E-state index contributed by atoms with van der Waals surface area (Å²) >= 11 is 0. The summed E-state index contributed by atoms with van der Waals surface area (Å²) in [5.41, 5.74) is 10.4. The van der Waals surface area contributed by atoms with Crippen molar-refractivity contribution in [3.05, 3.63) is 93.7 Å². The predicted molar refractivity (Wildman–Crippen MR) is 270 cm³/mol. The summed E-state index contributed by atoms with van der Waals surface area (Å²) in [6, 6.07) is 18.7. The number of amides is 1. The normalized spacial score (nSPS) is 26.8. The molecule has 19 heteroatoms. The molecule has 3 aromatic carbocycles. The number of sulfone groups is 1. The molecule has 8 aliphatic rings. The Balaban J connectivity index is 0.883. The lowest BCUT2D eigenvalue weighted by atomic mass is 9.59. The van der Waals surface area contributed by atoms with E-state index in [1.54, 1.807) is 18.3 Å². The maximum Gasteiger partial charge on any atom is 0.297 e. The van der Waals surface area contributed by atoms with Crippen LogP contribution in [0.1, 0.15) is 92.2 Å². The van der Waals surface area contributed by atoms with Crippen LogP contribution in [0.25, 0.3) is 11.0 Å². The highest BCUT2D eigenvalue weighted by molar-refractivity contribution is 7.91. The zero-order valence-electron chi connectivity index (χ0n) is 40.6. The molecule has 6 fully saturated rings. The number of aromatic amines is 1. The number of nitro benzene ring substituents is 1. The summed E-state index contributed by atoms with van der Waals surface area (Å²) in [6.45, 7) is 9.31. The third kappa shape index (κ3) is 7.51. The van der Waals surface area contributed by atoms with Gasteiger partial charge in [0, 0.05) is 68.0 Å². The second-order valence-corrected chi connectivity index (χ2v) is 23.7. The number of ether oxygens (including phenoxy) is 4. The predicted octanol–water partition coefficient (Wildman–Crippen LogP) is 7.06. The molecule has 1 amide bonds. The lowest BCUT2D eigenvalue weighted by molar-refractivity contribution is -0.384. The first kappa shape index (κ1) is 45.8. The molecule has 5 saturated heterocycles. The van der Waals surface area contributed by atoms with Crippen molar-refractivity contribution in [2.45, 2.75) is 117 Å². The minimum absolute atomic E-state index is 0.0336. The Kier molecular flexibility index (Phi) is 11.0. The maximum atomic E-state index is 16.1. The van der Waals surface area contributed by atoms with Crippen LogP contribution >= 0.6 is 0 Å². The summed E-state index contributed by atoms with van der Waals surface area (Å²) in [6.07, 6.45) is 8.51. The molecule has 0 radical (unpaired) electrons. The fraction of sp³-hybridized carbons (Fsp3) is 0.509. The molecule has 2 aromatic heterocycles. The first-order valence-electron chi connectivity index (χ1n) is 25.7. The van der Waals surface area contributed by atoms with Crippen molar-refractivity contribution in [3.63, 3.8) is 0 Å². The number of hydrogen-bond acceptors (Lipinski definition) is 15. The van der Waals surface area contributed by atoms with Crippen LogP contribution in [0.2, 0.25) is 0 Å². The molecule has 4 N–H and O–H groups in total. The number of carbonyl (C=O) groups excluding carboxylic acids is 1. The minimum atomic E-state index is -4.77. The fourth-order valence-electron chi connectivity index (χ4n) is 13.7. The number of H-pyrrole nitrogens is 1. The molecule has 13 rings (SSSR count).